The summed E-state index contributed by atoms with van der Waals surface area (Å²) in [5.74, 6) is -0.545. The third-order valence-corrected chi connectivity index (χ3v) is 4.48. The summed E-state index contributed by atoms with van der Waals surface area (Å²) in [6.07, 6.45) is -0.0799. The fourth-order valence-electron chi connectivity index (χ4n) is 3.04. The topological polar surface area (TPSA) is 95.1 Å². The van der Waals surface area contributed by atoms with Gasteiger partial charge in [0.1, 0.15) is 0 Å². The summed E-state index contributed by atoms with van der Waals surface area (Å²) < 4.78 is 0. The van der Waals surface area contributed by atoms with Crippen LogP contribution in [0.3, 0.4) is 0 Å². The molecule has 0 radical (unpaired) electrons. The van der Waals surface area contributed by atoms with Crippen molar-refractivity contribution in [2.24, 2.45) is 0 Å². The number of fused-ring (bicyclic) bond motifs is 2. The molecule has 0 unspecified atom stereocenters. The summed E-state index contributed by atoms with van der Waals surface area (Å²) in [5, 5.41) is 21.6. The second-order valence-electron chi connectivity index (χ2n) is 5.73. The molecule has 0 spiro atoms. The largest absolute Gasteiger partial charge is 0.375 e. The Bertz CT molecular complexity index is 1050. The number of aromatic nitrogens is 2. The van der Waals surface area contributed by atoms with Crippen molar-refractivity contribution in [2.75, 3.05) is 5.32 Å². The molecule has 0 aliphatic carbocycles. The predicted octanol–water partition coefficient (Wildman–Crippen LogP) is 1.96. The maximum Gasteiger partial charge on any atom is 0.272 e. The molecule has 0 saturated heterocycles. The summed E-state index contributed by atoms with van der Waals surface area (Å²) in [6.45, 7) is 0. The van der Waals surface area contributed by atoms with Crippen LogP contribution in [0.25, 0.3) is 10.8 Å². The van der Waals surface area contributed by atoms with Gasteiger partial charge in [-0.15, -0.1) is 0 Å². The van der Waals surface area contributed by atoms with E-state index in [4.69, 9.17) is 11.6 Å². The van der Waals surface area contributed by atoms with Gasteiger partial charge in [-0.1, -0.05) is 29.8 Å². The zero-order valence-electron chi connectivity index (χ0n) is 12.3. The molecule has 3 aromatic rings. The quantitative estimate of drug-likeness (QED) is 0.664. The van der Waals surface area contributed by atoms with Crippen molar-refractivity contribution < 1.29 is 9.90 Å². The number of anilines is 1. The van der Waals surface area contributed by atoms with E-state index < -0.39 is 11.5 Å². The van der Waals surface area contributed by atoms with Crippen LogP contribution in [0.4, 0.5) is 5.69 Å². The van der Waals surface area contributed by atoms with E-state index in [1.807, 2.05) is 0 Å². The first-order valence-corrected chi connectivity index (χ1v) is 7.67. The Morgan fingerprint density at radius 1 is 1.12 bits per heavy atom. The zero-order chi connectivity index (χ0) is 16.9. The summed E-state index contributed by atoms with van der Waals surface area (Å²) in [6, 6.07) is 11.8. The van der Waals surface area contributed by atoms with Gasteiger partial charge >= 0.3 is 0 Å². The first-order valence-electron chi connectivity index (χ1n) is 7.29. The molecule has 1 aromatic heterocycles. The molecule has 6 nitrogen and oxygen atoms in total. The highest BCUT2D eigenvalue weighted by atomic mass is 35.5. The lowest BCUT2D eigenvalue weighted by atomic mass is 9.89. The molecular weight excluding hydrogens is 330 g/mol. The number of nitrogens with zero attached hydrogens (tertiary/aromatic N) is 1. The number of amides is 1. The van der Waals surface area contributed by atoms with E-state index in [0.717, 1.165) is 0 Å². The third-order valence-electron chi connectivity index (χ3n) is 4.25. The van der Waals surface area contributed by atoms with Crippen LogP contribution in [-0.2, 0) is 16.8 Å². The molecule has 1 amide bonds. The number of carbonyl (C=O) groups is 1. The standard InChI is InChI=1S/C17H12ClN3O3/c18-9-5-6-13-12(7-9)17(24,16(23)19-13)8-14-10-3-1-2-4-11(10)15(22)21-20-14/h1-7,24H,8H2,(H,19,23)(H,21,22)/t17-/m1/s1. The SMILES string of the molecule is O=C1Nc2ccc(Cl)cc2[C@]1(O)Cc1n[nH]c(=O)c2ccccc12. The molecule has 1 atom stereocenters. The van der Waals surface area contributed by atoms with E-state index in [2.05, 4.69) is 15.5 Å². The van der Waals surface area contributed by atoms with Crippen LogP contribution < -0.4 is 10.9 Å². The third kappa shape index (κ3) is 2.11. The Morgan fingerprint density at radius 3 is 2.67 bits per heavy atom. The van der Waals surface area contributed by atoms with Crippen LogP contribution in [0.5, 0.6) is 0 Å². The number of hydrogen-bond donors (Lipinski definition) is 3. The molecular formula is C17H12ClN3O3. The van der Waals surface area contributed by atoms with Gasteiger partial charge in [-0.05, 0) is 24.3 Å². The first-order chi connectivity index (χ1) is 11.5. The van der Waals surface area contributed by atoms with Crippen molar-refractivity contribution in [2.45, 2.75) is 12.0 Å². The van der Waals surface area contributed by atoms with Crippen molar-refractivity contribution in [1.82, 2.24) is 10.2 Å². The maximum atomic E-state index is 12.4. The second kappa shape index (κ2) is 5.15. The lowest BCUT2D eigenvalue weighted by Crippen LogP contribution is -2.37. The molecule has 1 aliphatic rings. The average molecular weight is 342 g/mol. The van der Waals surface area contributed by atoms with Gasteiger partial charge in [0.2, 0.25) is 0 Å². The monoisotopic (exact) mass is 341 g/mol. The molecule has 24 heavy (non-hydrogen) atoms. The normalized spacial score (nSPS) is 19.3. The number of aromatic amines is 1. The summed E-state index contributed by atoms with van der Waals surface area (Å²) >= 11 is 6.00. The average Bonchev–Trinajstić information content (AvgIpc) is 2.82. The van der Waals surface area contributed by atoms with Crippen molar-refractivity contribution in [3.05, 3.63) is 69.1 Å². The van der Waals surface area contributed by atoms with Gasteiger partial charge in [-0.3, -0.25) is 9.59 Å². The molecule has 3 N–H and O–H groups in total. The number of aliphatic hydroxyl groups is 1. The van der Waals surface area contributed by atoms with Gasteiger partial charge in [-0.25, -0.2) is 5.10 Å². The van der Waals surface area contributed by atoms with E-state index in [1.54, 1.807) is 42.5 Å². The van der Waals surface area contributed by atoms with E-state index >= 15 is 0 Å². The minimum absolute atomic E-state index is 0.0799. The number of H-pyrrole nitrogens is 1. The highest BCUT2D eigenvalue weighted by Crippen LogP contribution is 2.40. The van der Waals surface area contributed by atoms with Crippen LogP contribution in [0.15, 0.2) is 47.3 Å². The van der Waals surface area contributed by atoms with Crippen LogP contribution in [-0.4, -0.2) is 21.2 Å². The molecule has 7 heteroatoms. The lowest BCUT2D eigenvalue weighted by Gasteiger charge is -2.21. The Hall–Kier alpha value is -2.70. The fraction of sp³-hybridized carbons (Fsp3) is 0.118. The van der Waals surface area contributed by atoms with E-state index in [9.17, 15) is 14.7 Å². The Balaban J connectivity index is 1.87. The molecule has 0 fully saturated rings. The highest BCUT2D eigenvalue weighted by molar-refractivity contribution is 6.31. The molecule has 2 aromatic carbocycles. The lowest BCUT2D eigenvalue weighted by molar-refractivity contribution is -0.133. The predicted molar refractivity (Wildman–Crippen MR) is 90.0 cm³/mol. The van der Waals surface area contributed by atoms with E-state index in [1.165, 1.54) is 0 Å². The highest BCUT2D eigenvalue weighted by Gasteiger charge is 2.46. The Morgan fingerprint density at radius 2 is 1.88 bits per heavy atom. The van der Waals surface area contributed by atoms with Crippen LogP contribution in [0.2, 0.25) is 5.02 Å². The number of carbonyl (C=O) groups excluding carboxylic acids is 1. The maximum absolute atomic E-state index is 12.4. The van der Waals surface area contributed by atoms with Crippen LogP contribution in [0.1, 0.15) is 11.3 Å². The summed E-state index contributed by atoms with van der Waals surface area (Å²) in [7, 11) is 0. The van der Waals surface area contributed by atoms with Gasteiger partial charge in [0.05, 0.1) is 11.1 Å². The molecule has 120 valence electrons. The van der Waals surface area contributed by atoms with E-state index in [0.29, 0.717) is 32.7 Å². The smallest absolute Gasteiger partial charge is 0.272 e. The summed E-state index contributed by atoms with van der Waals surface area (Å²) in [4.78, 5) is 24.2. The van der Waals surface area contributed by atoms with Crippen molar-refractivity contribution in [3.63, 3.8) is 0 Å². The molecule has 0 bridgehead atoms. The molecule has 0 saturated carbocycles. The van der Waals surface area contributed by atoms with Gasteiger partial charge in [-0.2, -0.15) is 5.10 Å². The van der Waals surface area contributed by atoms with Gasteiger partial charge in [0.15, 0.2) is 5.60 Å². The van der Waals surface area contributed by atoms with Crippen LogP contribution in [0, 0.1) is 0 Å². The summed E-state index contributed by atoms with van der Waals surface area (Å²) in [5.41, 5.74) is -0.775. The van der Waals surface area contributed by atoms with Gasteiger partial charge in [0, 0.05) is 28.1 Å². The molecule has 1 aliphatic heterocycles. The Labute approximate surface area is 141 Å². The van der Waals surface area contributed by atoms with Crippen molar-refractivity contribution >= 4 is 34.0 Å². The Kier molecular flexibility index (Phi) is 3.19. The number of rotatable bonds is 2. The number of halogens is 1. The number of hydrogen-bond acceptors (Lipinski definition) is 4. The zero-order valence-corrected chi connectivity index (χ0v) is 13.1. The molecule has 4 rings (SSSR count). The minimum Gasteiger partial charge on any atom is -0.375 e. The first kappa shape index (κ1) is 14.9. The number of nitrogens with one attached hydrogen (secondary N) is 2. The van der Waals surface area contributed by atoms with Gasteiger partial charge in [0.25, 0.3) is 11.5 Å². The molecule has 2 heterocycles. The minimum atomic E-state index is -1.80. The fourth-order valence-corrected chi connectivity index (χ4v) is 3.21. The van der Waals surface area contributed by atoms with E-state index in [-0.39, 0.29) is 12.0 Å². The van der Waals surface area contributed by atoms with Crippen LogP contribution >= 0.6 is 11.6 Å². The number of benzene rings is 2. The van der Waals surface area contributed by atoms with Gasteiger partial charge < -0.3 is 10.4 Å². The van der Waals surface area contributed by atoms with Crippen molar-refractivity contribution in [3.8, 4) is 0 Å². The van der Waals surface area contributed by atoms with Crippen molar-refractivity contribution in [1.29, 1.82) is 0 Å². The second-order valence-corrected chi connectivity index (χ2v) is 6.16.